The van der Waals surface area contributed by atoms with E-state index in [4.69, 9.17) is 4.42 Å². The lowest BCUT2D eigenvalue weighted by Crippen LogP contribution is -2.42. The molecule has 1 aromatic carbocycles. The first-order chi connectivity index (χ1) is 11.2. The first kappa shape index (κ1) is 16.3. The third kappa shape index (κ3) is 4.69. The molecule has 0 spiro atoms. The molecule has 3 rings (SSSR count). The zero-order chi connectivity index (χ0) is 16.1. The number of nitrogens with one attached hydrogen (secondary N) is 1. The van der Waals surface area contributed by atoms with E-state index in [0.717, 1.165) is 42.7 Å². The van der Waals surface area contributed by atoms with Crippen LogP contribution in [0.15, 0.2) is 51.6 Å². The molecule has 122 valence electrons. The zero-order valence-corrected chi connectivity index (χ0v) is 14.6. The molecule has 1 amide bonds. The number of rotatable bonds is 5. The first-order valence-electron chi connectivity index (χ1n) is 7.97. The predicted octanol–water partition coefficient (Wildman–Crippen LogP) is 3.57. The summed E-state index contributed by atoms with van der Waals surface area (Å²) in [4.78, 5) is 14.7. The van der Waals surface area contributed by atoms with E-state index in [-0.39, 0.29) is 11.8 Å². The van der Waals surface area contributed by atoms with E-state index in [9.17, 15) is 4.79 Å². The fraction of sp³-hybridized carbons (Fsp3) is 0.389. The lowest BCUT2D eigenvalue weighted by molar-refractivity contribution is -0.127. The van der Waals surface area contributed by atoms with Crippen LogP contribution in [0.1, 0.15) is 24.2 Å². The Hall–Kier alpha value is -1.59. The molecule has 1 aliphatic rings. The summed E-state index contributed by atoms with van der Waals surface area (Å²) < 4.78 is 6.34. The molecule has 5 heteroatoms. The van der Waals surface area contributed by atoms with Crippen LogP contribution in [0.5, 0.6) is 0 Å². The molecule has 0 saturated carbocycles. The monoisotopic (exact) mass is 376 g/mol. The molecule has 2 aromatic rings. The number of nitrogens with zero attached hydrogens (tertiary/aromatic N) is 1. The van der Waals surface area contributed by atoms with E-state index in [1.807, 2.05) is 12.1 Å². The van der Waals surface area contributed by atoms with E-state index in [0.29, 0.717) is 6.54 Å². The van der Waals surface area contributed by atoms with Crippen molar-refractivity contribution in [3.63, 3.8) is 0 Å². The van der Waals surface area contributed by atoms with Gasteiger partial charge in [-0.25, -0.2) is 0 Å². The Balaban J connectivity index is 1.51. The lowest BCUT2D eigenvalue weighted by atomic mass is 9.96. The van der Waals surface area contributed by atoms with E-state index < -0.39 is 0 Å². The number of likely N-dealkylation sites (tertiary alicyclic amines) is 1. The van der Waals surface area contributed by atoms with Gasteiger partial charge in [-0.2, -0.15) is 0 Å². The van der Waals surface area contributed by atoms with Crippen LogP contribution in [0.3, 0.4) is 0 Å². The quantitative estimate of drug-likeness (QED) is 0.867. The maximum atomic E-state index is 12.4. The van der Waals surface area contributed by atoms with Gasteiger partial charge in [0.15, 0.2) is 0 Å². The minimum Gasteiger partial charge on any atom is -0.467 e. The van der Waals surface area contributed by atoms with Gasteiger partial charge in [0.1, 0.15) is 5.76 Å². The highest BCUT2D eigenvalue weighted by atomic mass is 79.9. The number of halogens is 1. The molecule has 0 bridgehead atoms. The summed E-state index contributed by atoms with van der Waals surface area (Å²) in [5.74, 6) is 0.983. The topological polar surface area (TPSA) is 45.5 Å². The van der Waals surface area contributed by atoms with Crippen LogP contribution >= 0.6 is 15.9 Å². The second-order valence-electron chi connectivity index (χ2n) is 6.00. The zero-order valence-electron chi connectivity index (χ0n) is 13.0. The van der Waals surface area contributed by atoms with Crippen molar-refractivity contribution in [2.45, 2.75) is 25.9 Å². The number of hydrogen-bond acceptors (Lipinski definition) is 3. The molecule has 1 unspecified atom stereocenters. The van der Waals surface area contributed by atoms with Gasteiger partial charge in [-0.3, -0.25) is 9.69 Å². The van der Waals surface area contributed by atoms with Crippen molar-refractivity contribution in [3.8, 4) is 0 Å². The minimum atomic E-state index is 0.0640. The van der Waals surface area contributed by atoms with E-state index in [2.05, 4.69) is 50.4 Å². The number of carbonyl (C=O) groups is 1. The summed E-state index contributed by atoms with van der Waals surface area (Å²) in [6, 6.07) is 12.1. The lowest BCUT2D eigenvalue weighted by Gasteiger charge is -2.32. The molecule has 0 radical (unpaired) electrons. The molecule has 1 fully saturated rings. The third-order valence-corrected chi connectivity index (χ3v) is 4.74. The summed E-state index contributed by atoms with van der Waals surface area (Å²) in [7, 11) is 0. The van der Waals surface area contributed by atoms with Crippen LogP contribution in [-0.4, -0.2) is 23.9 Å². The van der Waals surface area contributed by atoms with E-state index >= 15 is 0 Å². The summed E-state index contributed by atoms with van der Waals surface area (Å²) in [6.07, 6.45) is 3.65. The molecule has 2 heterocycles. The van der Waals surface area contributed by atoms with E-state index in [1.165, 1.54) is 5.56 Å². The van der Waals surface area contributed by atoms with Gasteiger partial charge in [-0.05, 0) is 49.2 Å². The van der Waals surface area contributed by atoms with Crippen LogP contribution < -0.4 is 5.32 Å². The normalized spacial score (nSPS) is 18.7. The molecule has 4 nitrogen and oxygen atoms in total. The Kier molecular flexibility index (Phi) is 5.51. The first-order valence-corrected chi connectivity index (χ1v) is 8.77. The van der Waals surface area contributed by atoms with Gasteiger partial charge in [0, 0.05) is 17.6 Å². The van der Waals surface area contributed by atoms with E-state index in [1.54, 1.807) is 6.26 Å². The van der Waals surface area contributed by atoms with Crippen molar-refractivity contribution in [1.29, 1.82) is 0 Å². The average molecular weight is 377 g/mol. The average Bonchev–Trinajstić information content (AvgIpc) is 3.08. The maximum Gasteiger partial charge on any atom is 0.224 e. The van der Waals surface area contributed by atoms with Crippen molar-refractivity contribution in [2.75, 3.05) is 13.1 Å². The van der Waals surface area contributed by atoms with Gasteiger partial charge in [0.25, 0.3) is 0 Å². The van der Waals surface area contributed by atoms with Crippen molar-refractivity contribution in [2.24, 2.45) is 5.92 Å². The summed E-state index contributed by atoms with van der Waals surface area (Å²) in [6.45, 7) is 3.24. The molecule has 1 aliphatic heterocycles. The minimum absolute atomic E-state index is 0.0640. The molecule has 1 N–H and O–H groups in total. The van der Waals surface area contributed by atoms with Crippen LogP contribution in [0.2, 0.25) is 0 Å². The molecule has 1 atom stereocenters. The molecule has 23 heavy (non-hydrogen) atoms. The maximum absolute atomic E-state index is 12.4. The number of furan rings is 1. The predicted molar refractivity (Wildman–Crippen MR) is 92.7 cm³/mol. The van der Waals surface area contributed by atoms with Gasteiger partial charge in [0.05, 0.1) is 18.7 Å². The van der Waals surface area contributed by atoms with Gasteiger partial charge in [-0.1, -0.05) is 28.1 Å². The summed E-state index contributed by atoms with van der Waals surface area (Å²) in [5, 5.41) is 2.98. The standard InChI is InChI=1S/C18H21BrN2O2/c19-16-7-5-14(6-8-16)12-21-9-1-3-15(13-21)18(22)20-11-17-4-2-10-23-17/h2,4-8,10,15H,1,3,9,11-13H2,(H,20,22). The van der Waals surface area contributed by atoms with Crippen molar-refractivity contribution >= 4 is 21.8 Å². The Morgan fingerprint density at radius 2 is 2.13 bits per heavy atom. The number of piperidine rings is 1. The van der Waals surface area contributed by atoms with Crippen molar-refractivity contribution in [3.05, 3.63) is 58.5 Å². The Bertz CT molecular complexity index is 625. The molecular formula is C18H21BrN2O2. The number of hydrogen-bond donors (Lipinski definition) is 1. The number of amides is 1. The van der Waals surface area contributed by atoms with Gasteiger partial charge in [-0.15, -0.1) is 0 Å². The van der Waals surface area contributed by atoms with Crippen LogP contribution in [0, 0.1) is 5.92 Å². The Morgan fingerprint density at radius 1 is 1.30 bits per heavy atom. The van der Waals surface area contributed by atoms with Crippen molar-refractivity contribution < 1.29 is 9.21 Å². The third-order valence-electron chi connectivity index (χ3n) is 4.21. The SMILES string of the molecule is O=C(NCc1ccco1)C1CCCN(Cc2ccc(Br)cc2)C1. The van der Waals surface area contributed by atoms with Gasteiger partial charge in [0.2, 0.25) is 5.91 Å². The summed E-state index contributed by atoms with van der Waals surface area (Å²) >= 11 is 3.46. The molecule has 1 saturated heterocycles. The Morgan fingerprint density at radius 3 is 2.87 bits per heavy atom. The Labute approximate surface area is 145 Å². The number of carbonyl (C=O) groups excluding carboxylic acids is 1. The van der Waals surface area contributed by atoms with Crippen molar-refractivity contribution in [1.82, 2.24) is 10.2 Å². The smallest absolute Gasteiger partial charge is 0.224 e. The fourth-order valence-electron chi connectivity index (χ4n) is 2.99. The molecule has 0 aliphatic carbocycles. The highest BCUT2D eigenvalue weighted by molar-refractivity contribution is 9.10. The van der Waals surface area contributed by atoms with Crippen LogP contribution in [-0.2, 0) is 17.9 Å². The van der Waals surface area contributed by atoms with Crippen LogP contribution in [0.25, 0.3) is 0 Å². The molecule has 1 aromatic heterocycles. The number of benzene rings is 1. The van der Waals surface area contributed by atoms with Crippen LogP contribution in [0.4, 0.5) is 0 Å². The summed E-state index contributed by atoms with van der Waals surface area (Å²) in [5.41, 5.74) is 1.28. The highest BCUT2D eigenvalue weighted by Crippen LogP contribution is 2.20. The van der Waals surface area contributed by atoms with Gasteiger partial charge >= 0.3 is 0 Å². The second kappa shape index (κ2) is 7.79. The second-order valence-corrected chi connectivity index (χ2v) is 6.91. The molecular weight excluding hydrogens is 356 g/mol. The highest BCUT2D eigenvalue weighted by Gasteiger charge is 2.25. The fourth-order valence-corrected chi connectivity index (χ4v) is 3.26. The largest absolute Gasteiger partial charge is 0.467 e. The van der Waals surface area contributed by atoms with Gasteiger partial charge < -0.3 is 9.73 Å².